The molecule has 0 aliphatic carbocycles. The van der Waals surface area contributed by atoms with Crippen molar-refractivity contribution in [1.82, 2.24) is 14.9 Å². The Hall–Kier alpha value is -1.89. The number of aryl methyl sites for hydroxylation is 1. The highest BCUT2D eigenvalue weighted by Gasteiger charge is 2.29. The van der Waals surface area contributed by atoms with Crippen molar-refractivity contribution in [3.8, 4) is 0 Å². The SMILES string of the molecule is Cc1cc(N2CCCCC2)nc(N2CCN(C(=O)C3CCOCC3)CC2)n1. The van der Waals surface area contributed by atoms with Gasteiger partial charge in [-0.05, 0) is 39.0 Å². The number of rotatable bonds is 3. The molecule has 148 valence electrons. The van der Waals surface area contributed by atoms with Crippen molar-refractivity contribution in [3.63, 3.8) is 0 Å². The average Bonchev–Trinajstić information content (AvgIpc) is 2.74. The molecule has 0 bridgehead atoms. The summed E-state index contributed by atoms with van der Waals surface area (Å²) in [4.78, 5) is 28.9. The van der Waals surface area contributed by atoms with Crippen LogP contribution in [0.2, 0.25) is 0 Å². The number of hydrogen-bond donors (Lipinski definition) is 0. The fourth-order valence-corrected chi connectivity index (χ4v) is 4.29. The molecule has 0 atom stereocenters. The van der Waals surface area contributed by atoms with Gasteiger partial charge in [0.15, 0.2) is 0 Å². The van der Waals surface area contributed by atoms with Gasteiger partial charge in [0.2, 0.25) is 11.9 Å². The molecule has 0 N–H and O–H groups in total. The van der Waals surface area contributed by atoms with E-state index in [1.807, 2.05) is 11.8 Å². The van der Waals surface area contributed by atoms with Gasteiger partial charge in [0.1, 0.15) is 5.82 Å². The van der Waals surface area contributed by atoms with E-state index in [9.17, 15) is 4.79 Å². The number of piperidine rings is 1. The molecule has 0 spiro atoms. The van der Waals surface area contributed by atoms with E-state index in [0.717, 1.165) is 69.6 Å². The van der Waals surface area contributed by atoms with Crippen LogP contribution in [0.1, 0.15) is 37.8 Å². The number of nitrogens with zero attached hydrogens (tertiary/aromatic N) is 5. The summed E-state index contributed by atoms with van der Waals surface area (Å²) >= 11 is 0. The van der Waals surface area contributed by atoms with Gasteiger partial charge in [-0.25, -0.2) is 4.98 Å². The lowest BCUT2D eigenvalue weighted by Crippen LogP contribution is -2.51. The van der Waals surface area contributed by atoms with Gasteiger partial charge in [-0.15, -0.1) is 0 Å². The average molecular weight is 374 g/mol. The zero-order valence-corrected chi connectivity index (χ0v) is 16.4. The molecule has 0 aromatic carbocycles. The first-order chi connectivity index (χ1) is 13.2. The normalized spacial score (nSPS) is 22.2. The maximum absolute atomic E-state index is 12.7. The monoisotopic (exact) mass is 373 g/mol. The number of anilines is 2. The Labute approximate surface area is 161 Å². The third-order valence-electron chi connectivity index (χ3n) is 5.95. The molecule has 0 saturated carbocycles. The molecular weight excluding hydrogens is 342 g/mol. The van der Waals surface area contributed by atoms with Crippen LogP contribution in [0.15, 0.2) is 6.07 Å². The highest BCUT2D eigenvalue weighted by atomic mass is 16.5. The van der Waals surface area contributed by atoms with Gasteiger partial charge in [0, 0.05) is 70.2 Å². The van der Waals surface area contributed by atoms with Gasteiger partial charge in [0.05, 0.1) is 0 Å². The van der Waals surface area contributed by atoms with Crippen LogP contribution in [-0.2, 0) is 9.53 Å². The predicted octanol–water partition coefficient (Wildman–Crippen LogP) is 1.85. The van der Waals surface area contributed by atoms with E-state index in [0.29, 0.717) is 19.1 Å². The molecule has 1 aromatic heterocycles. The van der Waals surface area contributed by atoms with E-state index in [1.54, 1.807) is 0 Å². The van der Waals surface area contributed by atoms with Crippen LogP contribution in [0.3, 0.4) is 0 Å². The number of hydrogen-bond acceptors (Lipinski definition) is 6. The van der Waals surface area contributed by atoms with Crippen molar-refractivity contribution in [2.24, 2.45) is 5.92 Å². The van der Waals surface area contributed by atoms with Crippen LogP contribution in [0.25, 0.3) is 0 Å². The van der Waals surface area contributed by atoms with Crippen LogP contribution in [0.5, 0.6) is 0 Å². The predicted molar refractivity (Wildman–Crippen MR) is 105 cm³/mol. The first-order valence-corrected chi connectivity index (χ1v) is 10.4. The topological polar surface area (TPSA) is 61.8 Å². The lowest BCUT2D eigenvalue weighted by atomic mass is 9.98. The summed E-state index contributed by atoms with van der Waals surface area (Å²) in [6.07, 6.45) is 5.52. The lowest BCUT2D eigenvalue weighted by molar-refractivity contribution is -0.138. The highest BCUT2D eigenvalue weighted by Crippen LogP contribution is 2.23. The van der Waals surface area contributed by atoms with Gasteiger partial charge >= 0.3 is 0 Å². The van der Waals surface area contributed by atoms with Crippen molar-refractivity contribution >= 4 is 17.7 Å². The Morgan fingerprint density at radius 3 is 2.37 bits per heavy atom. The minimum Gasteiger partial charge on any atom is -0.381 e. The molecule has 0 radical (unpaired) electrons. The first-order valence-electron chi connectivity index (χ1n) is 10.4. The zero-order chi connectivity index (χ0) is 18.6. The maximum Gasteiger partial charge on any atom is 0.227 e. The third kappa shape index (κ3) is 4.34. The Morgan fingerprint density at radius 1 is 0.963 bits per heavy atom. The molecule has 7 nitrogen and oxygen atoms in total. The Morgan fingerprint density at radius 2 is 1.67 bits per heavy atom. The summed E-state index contributed by atoms with van der Waals surface area (Å²) in [5.74, 6) is 2.31. The number of aromatic nitrogens is 2. The minimum absolute atomic E-state index is 0.145. The zero-order valence-electron chi connectivity index (χ0n) is 16.4. The molecule has 3 aliphatic rings. The Kier molecular flexibility index (Phi) is 5.76. The number of ether oxygens (including phenoxy) is 1. The Bertz CT molecular complexity index is 648. The third-order valence-corrected chi connectivity index (χ3v) is 5.95. The van der Waals surface area contributed by atoms with E-state index in [4.69, 9.17) is 9.72 Å². The van der Waals surface area contributed by atoms with Crippen molar-refractivity contribution in [2.75, 3.05) is 62.3 Å². The summed E-state index contributed by atoms with van der Waals surface area (Å²) < 4.78 is 5.38. The molecule has 3 saturated heterocycles. The number of piperazine rings is 1. The minimum atomic E-state index is 0.145. The first kappa shape index (κ1) is 18.5. The smallest absolute Gasteiger partial charge is 0.227 e. The summed E-state index contributed by atoms with van der Waals surface area (Å²) in [6, 6.07) is 2.10. The quantitative estimate of drug-likeness (QED) is 0.806. The van der Waals surface area contributed by atoms with Gasteiger partial charge in [0.25, 0.3) is 0 Å². The number of amides is 1. The maximum atomic E-state index is 12.7. The van der Waals surface area contributed by atoms with Crippen LogP contribution < -0.4 is 9.80 Å². The molecule has 7 heteroatoms. The summed E-state index contributed by atoms with van der Waals surface area (Å²) in [7, 11) is 0. The fourth-order valence-electron chi connectivity index (χ4n) is 4.29. The van der Waals surface area contributed by atoms with E-state index in [1.165, 1.54) is 19.3 Å². The second kappa shape index (κ2) is 8.42. The molecule has 4 heterocycles. The van der Waals surface area contributed by atoms with Crippen LogP contribution in [0, 0.1) is 12.8 Å². The van der Waals surface area contributed by atoms with Crippen LogP contribution in [-0.4, -0.2) is 73.3 Å². The second-order valence-electron chi connectivity index (χ2n) is 7.91. The van der Waals surface area contributed by atoms with Gasteiger partial charge in [-0.3, -0.25) is 4.79 Å². The van der Waals surface area contributed by atoms with E-state index < -0.39 is 0 Å². The van der Waals surface area contributed by atoms with Crippen molar-refractivity contribution in [1.29, 1.82) is 0 Å². The van der Waals surface area contributed by atoms with Crippen LogP contribution in [0.4, 0.5) is 11.8 Å². The summed E-state index contributed by atoms with van der Waals surface area (Å²) in [5.41, 5.74) is 1.02. The number of carbonyl (C=O) groups is 1. The van der Waals surface area contributed by atoms with E-state index in [2.05, 4.69) is 20.9 Å². The van der Waals surface area contributed by atoms with Crippen LogP contribution >= 0.6 is 0 Å². The molecular formula is C20H31N5O2. The molecule has 4 rings (SSSR count). The van der Waals surface area contributed by atoms with Gasteiger partial charge < -0.3 is 19.4 Å². The molecule has 27 heavy (non-hydrogen) atoms. The molecule has 1 amide bonds. The van der Waals surface area contributed by atoms with Crippen molar-refractivity contribution < 1.29 is 9.53 Å². The molecule has 3 fully saturated rings. The lowest BCUT2D eigenvalue weighted by Gasteiger charge is -2.37. The molecule has 3 aliphatic heterocycles. The highest BCUT2D eigenvalue weighted by molar-refractivity contribution is 5.79. The van der Waals surface area contributed by atoms with Crippen molar-refractivity contribution in [3.05, 3.63) is 11.8 Å². The van der Waals surface area contributed by atoms with E-state index in [-0.39, 0.29) is 5.92 Å². The molecule has 0 unspecified atom stereocenters. The van der Waals surface area contributed by atoms with Gasteiger partial charge in [-0.1, -0.05) is 0 Å². The van der Waals surface area contributed by atoms with Crippen molar-refractivity contribution in [2.45, 2.75) is 39.0 Å². The summed E-state index contributed by atoms with van der Waals surface area (Å²) in [6.45, 7) is 8.77. The fraction of sp³-hybridized carbons (Fsp3) is 0.750. The van der Waals surface area contributed by atoms with Gasteiger partial charge in [-0.2, -0.15) is 4.98 Å². The molecule has 1 aromatic rings. The standard InChI is InChI=1S/C20H31N5O2/c1-16-15-18(23-7-3-2-4-8-23)22-20(21-16)25-11-9-24(10-12-25)19(26)17-5-13-27-14-6-17/h15,17H,2-14H2,1H3. The number of carbonyl (C=O) groups excluding carboxylic acids is 1. The van der Waals surface area contributed by atoms with E-state index >= 15 is 0 Å². The Balaban J connectivity index is 1.39. The summed E-state index contributed by atoms with van der Waals surface area (Å²) in [5, 5.41) is 0. The largest absolute Gasteiger partial charge is 0.381 e. The second-order valence-corrected chi connectivity index (χ2v) is 7.91.